The second kappa shape index (κ2) is 7.82. The summed E-state index contributed by atoms with van der Waals surface area (Å²) < 4.78 is 5.65. The summed E-state index contributed by atoms with van der Waals surface area (Å²) in [7, 11) is 0. The van der Waals surface area contributed by atoms with Crippen molar-refractivity contribution in [3.8, 4) is 5.75 Å². The van der Waals surface area contributed by atoms with Crippen LogP contribution in [-0.4, -0.2) is 29.1 Å². The number of ether oxygens (including phenoxy) is 1. The molecular formula is C17H25NO4. The van der Waals surface area contributed by atoms with Crippen LogP contribution in [0.4, 0.5) is 0 Å². The van der Waals surface area contributed by atoms with Gasteiger partial charge in [0.1, 0.15) is 5.75 Å². The third kappa shape index (κ3) is 5.06. The van der Waals surface area contributed by atoms with Crippen LogP contribution in [0.25, 0.3) is 0 Å². The molecule has 3 atom stereocenters. The third-order valence-corrected chi connectivity index (χ3v) is 3.72. The van der Waals surface area contributed by atoms with Gasteiger partial charge in [-0.2, -0.15) is 0 Å². The number of carboxylic acid groups (broad SMARTS) is 1. The summed E-state index contributed by atoms with van der Waals surface area (Å²) in [5, 5.41) is 11.6. The van der Waals surface area contributed by atoms with Gasteiger partial charge in [-0.25, -0.2) is 0 Å². The minimum absolute atomic E-state index is 0.324. The molecule has 1 aromatic rings. The Morgan fingerprint density at radius 2 is 1.77 bits per heavy atom. The van der Waals surface area contributed by atoms with E-state index in [9.17, 15) is 9.59 Å². The van der Waals surface area contributed by atoms with Crippen molar-refractivity contribution < 1.29 is 19.4 Å². The van der Waals surface area contributed by atoms with Gasteiger partial charge in [0.05, 0.1) is 5.92 Å². The van der Waals surface area contributed by atoms with E-state index in [1.54, 1.807) is 26.8 Å². The molecule has 2 N–H and O–H groups in total. The maximum atomic E-state index is 12.1. The van der Waals surface area contributed by atoms with E-state index in [1.807, 2.05) is 18.2 Å². The van der Waals surface area contributed by atoms with Gasteiger partial charge < -0.3 is 15.2 Å². The molecule has 1 rings (SSSR count). The van der Waals surface area contributed by atoms with E-state index in [4.69, 9.17) is 9.84 Å². The van der Waals surface area contributed by atoms with Gasteiger partial charge in [-0.05, 0) is 44.4 Å². The van der Waals surface area contributed by atoms with Crippen molar-refractivity contribution >= 4 is 11.9 Å². The Morgan fingerprint density at radius 1 is 1.14 bits per heavy atom. The number of benzene rings is 1. The number of nitrogens with one attached hydrogen (secondary N) is 1. The van der Waals surface area contributed by atoms with Gasteiger partial charge in [0.2, 0.25) is 0 Å². The molecule has 22 heavy (non-hydrogen) atoms. The smallest absolute Gasteiger partial charge is 0.308 e. The van der Waals surface area contributed by atoms with Gasteiger partial charge in [-0.3, -0.25) is 9.59 Å². The lowest BCUT2D eigenvalue weighted by Crippen LogP contribution is -2.45. The predicted octanol–water partition coefficient (Wildman–Crippen LogP) is 2.80. The second-order valence-electron chi connectivity index (χ2n) is 5.91. The molecule has 0 saturated heterocycles. The lowest BCUT2D eigenvalue weighted by molar-refractivity contribution is -0.142. The molecule has 122 valence electrons. The van der Waals surface area contributed by atoms with E-state index in [1.165, 1.54) is 0 Å². The van der Waals surface area contributed by atoms with Crippen molar-refractivity contribution in [2.75, 3.05) is 0 Å². The van der Waals surface area contributed by atoms with Crippen molar-refractivity contribution in [1.82, 2.24) is 5.32 Å². The lowest BCUT2D eigenvalue weighted by Gasteiger charge is -2.21. The summed E-state index contributed by atoms with van der Waals surface area (Å²) in [6.07, 6.45) is -0.689. The summed E-state index contributed by atoms with van der Waals surface area (Å²) >= 11 is 0. The SMILES string of the molecule is CC(Oc1cccc(C(C)C)c1)C(=O)NC(C)C(C)C(=O)O. The number of carbonyl (C=O) groups excluding carboxylic acids is 1. The molecule has 1 amide bonds. The Morgan fingerprint density at radius 3 is 2.32 bits per heavy atom. The fourth-order valence-electron chi connectivity index (χ4n) is 1.89. The van der Waals surface area contributed by atoms with Crippen LogP contribution in [0.2, 0.25) is 0 Å². The average Bonchev–Trinajstić information content (AvgIpc) is 2.46. The van der Waals surface area contributed by atoms with Gasteiger partial charge in [0, 0.05) is 6.04 Å². The highest BCUT2D eigenvalue weighted by Crippen LogP contribution is 2.21. The van der Waals surface area contributed by atoms with Gasteiger partial charge in [0.15, 0.2) is 6.10 Å². The Kier molecular flexibility index (Phi) is 6.40. The number of carboxylic acids is 1. The van der Waals surface area contributed by atoms with Crippen LogP contribution in [0.15, 0.2) is 24.3 Å². The Bertz CT molecular complexity index is 527. The lowest BCUT2D eigenvalue weighted by atomic mass is 10.0. The van der Waals surface area contributed by atoms with E-state index in [2.05, 4.69) is 19.2 Å². The Balaban J connectivity index is 2.64. The highest BCUT2D eigenvalue weighted by Gasteiger charge is 2.24. The van der Waals surface area contributed by atoms with E-state index in [0.717, 1.165) is 5.56 Å². The first-order valence-electron chi connectivity index (χ1n) is 7.52. The van der Waals surface area contributed by atoms with Crippen molar-refractivity contribution in [2.45, 2.75) is 52.7 Å². The summed E-state index contributed by atoms with van der Waals surface area (Å²) in [5.74, 6) is -0.904. The van der Waals surface area contributed by atoms with Crippen LogP contribution in [0, 0.1) is 5.92 Å². The average molecular weight is 307 g/mol. The van der Waals surface area contributed by atoms with Crippen LogP contribution in [0.3, 0.4) is 0 Å². The van der Waals surface area contributed by atoms with Crippen molar-refractivity contribution in [1.29, 1.82) is 0 Å². The van der Waals surface area contributed by atoms with Gasteiger partial charge in [-0.1, -0.05) is 26.0 Å². The minimum Gasteiger partial charge on any atom is -0.481 e. The predicted molar refractivity (Wildman–Crippen MR) is 85.0 cm³/mol. The summed E-state index contributed by atoms with van der Waals surface area (Å²) in [4.78, 5) is 23.0. The molecular weight excluding hydrogens is 282 g/mol. The zero-order valence-electron chi connectivity index (χ0n) is 13.8. The monoisotopic (exact) mass is 307 g/mol. The molecule has 0 spiro atoms. The van der Waals surface area contributed by atoms with E-state index in [0.29, 0.717) is 11.7 Å². The second-order valence-corrected chi connectivity index (χ2v) is 5.91. The first-order chi connectivity index (χ1) is 10.2. The molecule has 0 fully saturated rings. The zero-order valence-corrected chi connectivity index (χ0v) is 13.8. The van der Waals surface area contributed by atoms with Crippen LogP contribution < -0.4 is 10.1 Å². The first kappa shape index (κ1) is 18.0. The number of rotatable bonds is 7. The Labute approximate surface area is 131 Å². The molecule has 3 unspecified atom stereocenters. The highest BCUT2D eigenvalue weighted by atomic mass is 16.5. The summed E-state index contributed by atoms with van der Waals surface area (Å²) in [5.41, 5.74) is 1.14. The molecule has 0 aliphatic heterocycles. The number of amides is 1. The standard InChI is InChI=1S/C17H25NO4/c1-10(2)14-7-6-8-15(9-14)22-13(5)16(19)18-12(4)11(3)17(20)21/h6-13H,1-5H3,(H,18,19)(H,20,21). The molecule has 0 heterocycles. The molecule has 0 aromatic heterocycles. The quantitative estimate of drug-likeness (QED) is 0.812. The maximum Gasteiger partial charge on any atom is 0.308 e. The van der Waals surface area contributed by atoms with Crippen LogP contribution in [0.5, 0.6) is 5.75 Å². The highest BCUT2D eigenvalue weighted by molar-refractivity contribution is 5.82. The summed E-state index contributed by atoms with van der Waals surface area (Å²) in [6, 6.07) is 7.16. The van der Waals surface area contributed by atoms with Crippen molar-refractivity contribution in [3.05, 3.63) is 29.8 Å². The molecule has 1 aromatic carbocycles. The first-order valence-corrected chi connectivity index (χ1v) is 7.52. The summed E-state index contributed by atoms with van der Waals surface area (Å²) in [6.45, 7) is 9.05. The number of hydrogen-bond donors (Lipinski definition) is 2. The van der Waals surface area contributed by atoms with Crippen LogP contribution >= 0.6 is 0 Å². The number of hydrogen-bond acceptors (Lipinski definition) is 3. The third-order valence-electron chi connectivity index (χ3n) is 3.72. The van der Waals surface area contributed by atoms with E-state index >= 15 is 0 Å². The normalized spacial score (nSPS) is 15.0. The minimum atomic E-state index is -0.939. The van der Waals surface area contributed by atoms with E-state index in [-0.39, 0.29) is 5.91 Å². The fraction of sp³-hybridized carbons (Fsp3) is 0.529. The van der Waals surface area contributed by atoms with Gasteiger partial charge in [-0.15, -0.1) is 0 Å². The van der Waals surface area contributed by atoms with Crippen molar-refractivity contribution in [2.24, 2.45) is 5.92 Å². The fourth-order valence-corrected chi connectivity index (χ4v) is 1.89. The molecule has 0 bridgehead atoms. The maximum absolute atomic E-state index is 12.1. The topological polar surface area (TPSA) is 75.6 Å². The number of carbonyl (C=O) groups is 2. The van der Waals surface area contributed by atoms with Crippen molar-refractivity contribution in [3.63, 3.8) is 0 Å². The number of aliphatic carboxylic acids is 1. The largest absolute Gasteiger partial charge is 0.481 e. The van der Waals surface area contributed by atoms with E-state index < -0.39 is 24.0 Å². The molecule has 0 saturated carbocycles. The Hall–Kier alpha value is -2.04. The van der Waals surface area contributed by atoms with Gasteiger partial charge >= 0.3 is 5.97 Å². The molecule has 0 aliphatic rings. The van der Waals surface area contributed by atoms with Gasteiger partial charge in [0.25, 0.3) is 5.91 Å². The molecule has 0 radical (unpaired) electrons. The van der Waals surface area contributed by atoms with Crippen LogP contribution in [0.1, 0.15) is 46.1 Å². The molecule has 5 heteroatoms. The zero-order chi connectivity index (χ0) is 16.9. The van der Waals surface area contributed by atoms with Crippen LogP contribution in [-0.2, 0) is 9.59 Å². The molecule has 5 nitrogen and oxygen atoms in total. The molecule has 0 aliphatic carbocycles.